The van der Waals surface area contributed by atoms with Crippen molar-refractivity contribution in [2.75, 3.05) is 0 Å². The van der Waals surface area contributed by atoms with Crippen LogP contribution in [0.25, 0.3) is 0 Å². The van der Waals surface area contributed by atoms with Crippen LogP contribution in [0, 0.1) is 10.1 Å². The minimum absolute atomic E-state index is 0.0838. The average Bonchev–Trinajstić information content (AvgIpc) is 2.53. The smallest absolute Gasteiger partial charge is 0.586 e. The molecule has 0 aromatic heterocycles. The zero-order valence-corrected chi connectivity index (χ0v) is 14.9. The van der Waals surface area contributed by atoms with Gasteiger partial charge < -0.3 is 4.55 Å². The number of non-ortho nitro benzene ring substituents is 1. The Balaban J connectivity index is 0.000000416. The molecule has 0 bridgehead atoms. The molecule has 2 aromatic carbocycles. The molecule has 1 unspecified atom stereocenters. The van der Waals surface area contributed by atoms with Crippen LogP contribution in [0.2, 0.25) is 0 Å². The van der Waals surface area contributed by atoms with Crippen molar-refractivity contribution in [3.05, 3.63) is 64.7 Å². The molecule has 0 fully saturated rings. The van der Waals surface area contributed by atoms with E-state index in [1.165, 1.54) is 42.5 Å². The van der Waals surface area contributed by atoms with Gasteiger partial charge in [0.2, 0.25) is 0 Å². The molecule has 0 heterocycles. The van der Waals surface area contributed by atoms with Gasteiger partial charge in [0.05, 0.1) is 11.0 Å². The van der Waals surface area contributed by atoms with Crippen molar-refractivity contribution in [2.24, 2.45) is 0 Å². The van der Waals surface area contributed by atoms with Crippen LogP contribution in [0.1, 0.15) is 0 Å². The highest BCUT2D eigenvalue weighted by Gasteiger charge is 2.54. The monoisotopic (exact) mass is 449 g/mol. The van der Waals surface area contributed by atoms with Crippen LogP contribution in [0.4, 0.5) is 32.0 Å². The SMILES string of the molecule is O=S(=O)([O-])C(F)(F)F.O=[N+]([O-])c1cccc([S+](c2ccccc2)C(F)(F)F)c1. The third kappa shape index (κ3) is 6.69. The summed E-state index contributed by atoms with van der Waals surface area (Å²) in [5, 5.41) is 10.7. The fourth-order valence-electron chi connectivity index (χ4n) is 1.68. The summed E-state index contributed by atoms with van der Waals surface area (Å²) in [5.41, 5.74) is -10.5. The van der Waals surface area contributed by atoms with Crippen LogP contribution in [-0.2, 0) is 21.0 Å². The maximum Gasteiger partial charge on any atom is 0.586 e. The van der Waals surface area contributed by atoms with Crippen molar-refractivity contribution < 1.29 is 44.2 Å². The third-order valence-corrected chi connectivity index (χ3v) is 5.26. The lowest BCUT2D eigenvalue weighted by Crippen LogP contribution is -2.24. The Labute approximate surface area is 157 Å². The summed E-state index contributed by atoms with van der Waals surface area (Å²) in [7, 11) is -8.29. The zero-order chi connectivity index (χ0) is 21.8. The molecule has 0 saturated heterocycles. The van der Waals surface area contributed by atoms with E-state index < -0.39 is 37.0 Å². The number of benzene rings is 2. The molecule has 28 heavy (non-hydrogen) atoms. The Morgan fingerprint density at radius 1 is 0.857 bits per heavy atom. The Bertz CT molecular complexity index is 916. The van der Waals surface area contributed by atoms with Gasteiger partial charge in [-0.3, -0.25) is 10.1 Å². The average molecular weight is 449 g/mol. The van der Waals surface area contributed by atoms with Crippen molar-refractivity contribution in [1.82, 2.24) is 0 Å². The standard InChI is InChI=1S/C13H9F3NO2S.CHF3O3S/c14-13(15,16)20(11-6-2-1-3-7-11)12-8-4-5-10(9-12)17(18)19;2-1(3,4)8(5,6)7/h1-9H;(H,5,6,7)/q+1;/p-1. The normalized spacial score (nSPS) is 13.2. The van der Waals surface area contributed by atoms with Crippen LogP contribution >= 0.6 is 0 Å². The number of hydrogen-bond acceptors (Lipinski definition) is 5. The van der Waals surface area contributed by atoms with E-state index in [9.17, 15) is 36.5 Å². The molecule has 0 saturated carbocycles. The van der Waals surface area contributed by atoms with E-state index in [0.717, 1.165) is 6.07 Å². The highest BCUT2D eigenvalue weighted by molar-refractivity contribution is 7.97. The fraction of sp³-hybridized carbons (Fsp3) is 0.143. The largest absolute Gasteiger partial charge is 0.741 e. The Hall–Kier alpha value is -2.32. The van der Waals surface area contributed by atoms with Gasteiger partial charge in [-0.15, -0.1) is 13.2 Å². The molecule has 0 aliphatic carbocycles. The van der Waals surface area contributed by atoms with Gasteiger partial charge in [-0.1, -0.05) is 24.3 Å². The topological polar surface area (TPSA) is 100 Å². The molecule has 0 spiro atoms. The third-order valence-electron chi connectivity index (χ3n) is 2.76. The van der Waals surface area contributed by atoms with Gasteiger partial charge in [-0.05, 0) is 18.2 Å². The molecule has 0 radical (unpaired) electrons. The summed E-state index contributed by atoms with van der Waals surface area (Å²) < 4.78 is 98.7. The summed E-state index contributed by atoms with van der Waals surface area (Å²) in [6, 6.07) is 12.1. The van der Waals surface area contributed by atoms with Crippen molar-refractivity contribution in [3.63, 3.8) is 0 Å². The molecular formula is C14H9F6NO5S2. The molecule has 154 valence electrons. The summed E-state index contributed by atoms with van der Waals surface area (Å²) in [6.07, 6.45) is 0. The van der Waals surface area contributed by atoms with E-state index in [0.29, 0.717) is 0 Å². The molecule has 0 aliphatic heterocycles. The molecule has 1 atom stereocenters. The lowest BCUT2D eigenvalue weighted by molar-refractivity contribution is -0.385. The molecular weight excluding hydrogens is 440 g/mol. The van der Waals surface area contributed by atoms with E-state index in [1.807, 2.05) is 0 Å². The van der Waals surface area contributed by atoms with Gasteiger partial charge in [0.1, 0.15) is 0 Å². The molecule has 0 aliphatic rings. The number of hydrogen-bond donors (Lipinski definition) is 0. The number of nitro benzene ring substituents is 1. The second-order valence-corrected chi connectivity index (χ2v) is 8.11. The molecule has 2 rings (SSSR count). The number of nitrogens with zero attached hydrogens (tertiary/aromatic N) is 1. The zero-order valence-electron chi connectivity index (χ0n) is 13.3. The Kier molecular flexibility index (Phi) is 7.45. The van der Waals surface area contributed by atoms with E-state index in [-0.39, 0.29) is 15.5 Å². The van der Waals surface area contributed by atoms with Gasteiger partial charge in [0.25, 0.3) is 5.69 Å². The summed E-state index contributed by atoms with van der Waals surface area (Å²) in [4.78, 5) is 9.96. The van der Waals surface area contributed by atoms with Crippen molar-refractivity contribution >= 4 is 26.7 Å². The summed E-state index contributed by atoms with van der Waals surface area (Å²) >= 11 is 0. The Morgan fingerprint density at radius 3 is 1.71 bits per heavy atom. The number of rotatable bonds is 3. The number of nitro groups is 1. The molecule has 2 aromatic rings. The maximum absolute atomic E-state index is 13.3. The van der Waals surface area contributed by atoms with Gasteiger partial charge in [-0.25, -0.2) is 8.42 Å². The van der Waals surface area contributed by atoms with Crippen molar-refractivity contribution in [3.8, 4) is 0 Å². The quantitative estimate of drug-likeness (QED) is 0.175. The second kappa shape index (κ2) is 8.79. The first-order chi connectivity index (χ1) is 12.6. The highest BCUT2D eigenvalue weighted by Crippen LogP contribution is 2.39. The summed E-state index contributed by atoms with van der Waals surface area (Å²) in [6.45, 7) is 0. The molecule has 0 amide bonds. The molecule has 0 N–H and O–H groups in total. The van der Waals surface area contributed by atoms with E-state index in [1.54, 1.807) is 6.07 Å². The van der Waals surface area contributed by atoms with Crippen LogP contribution in [0.15, 0.2) is 64.4 Å². The first kappa shape index (κ1) is 23.7. The van der Waals surface area contributed by atoms with Crippen LogP contribution in [0.5, 0.6) is 0 Å². The first-order valence-electron chi connectivity index (χ1n) is 6.77. The maximum atomic E-state index is 13.3. The highest BCUT2D eigenvalue weighted by atomic mass is 32.2. The van der Waals surface area contributed by atoms with Crippen molar-refractivity contribution in [1.29, 1.82) is 0 Å². The number of halogens is 6. The van der Waals surface area contributed by atoms with Gasteiger partial charge in [0.15, 0.2) is 30.8 Å². The fourth-order valence-corrected chi connectivity index (χ4v) is 3.37. The van der Waals surface area contributed by atoms with Gasteiger partial charge in [-0.2, -0.15) is 13.2 Å². The minimum Gasteiger partial charge on any atom is -0.741 e. The lowest BCUT2D eigenvalue weighted by atomic mass is 10.3. The minimum atomic E-state index is -6.09. The van der Waals surface area contributed by atoms with Crippen LogP contribution in [-0.4, -0.2) is 28.9 Å². The molecule has 14 heteroatoms. The van der Waals surface area contributed by atoms with E-state index >= 15 is 0 Å². The molecule has 6 nitrogen and oxygen atoms in total. The van der Waals surface area contributed by atoms with Crippen LogP contribution < -0.4 is 0 Å². The van der Waals surface area contributed by atoms with Gasteiger partial charge in [0, 0.05) is 6.07 Å². The van der Waals surface area contributed by atoms with E-state index in [2.05, 4.69) is 0 Å². The van der Waals surface area contributed by atoms with Gasteiger partial charge >= 0.3 is 11.0 Å². The van der Waals surface area contributed by atoms with E-state index in [4.69, 9.17) is 13.0 Å². The predicted molar refractivity (Wildman–Crippen MR) is 85.2 cm³/mol. The first-order valence-corrected chi connectivity index (χ1v) is 9.40. The van der Waals surface area contributed by atoms with Crippen LogP contribution in [0.3, 0.4) is 0 Å². The Morgan fingerprint density at radius 2 is 1.32 bits per heavy atom. The summed E-state index contributed by atoms with van der Waals surface area (Å²) in [5.74, 6) is 0. The lowest BCUT2D eigenvalue weighted by Gasteiger charge is -2.09. The van der Waals surface area contributed by atoms with Crippen molar-refractivity contribution in [2.45, 2.75) is 20.8 Å². The predicted octanol–water partition coefficient (Wildman–Crippen LogP) is 4.20. The number of alkyl halides is 6. The second-order valence-electron chi connectivity index (χ2n) is 4.72.